The summed E-state index contributed by atoms with van der Waals surface area (Å²) in [4.78, 5) is 25.6. The van der Waals surface area contributed by atoms with Crippen molar-refractivity contribution < 1.29 is 31.3 Å². The first-order valence-electron chi connectivity index (χ1n) is 14.9. The first-order valence-corrected chi connectivity index (χ1v) is 18.3. The Kier molecular flexibility index (Phi) is 9.48. The van der Waals surface area contributed by atoms with E-state index < -0.39 is 43.4 Å². The number of thiazole rings is 1. The number of carbonyl (C=O) groups excluding carboxylic acids is 1. The van der Waals surface area contributed by atoms with Crippen molar-refractivity contribution in [3.63, 3.8) is 0 Å². The lowest BCUT2D eigenvalue weighted by atomic mass is 9.77. The zero-order chi connectivity index (χ0) is 33.5. The van der Waals surface area contributed by atoms with Gasteiger partial charge in [-0.05, 0) is 103 Å². The first-order chi connectivity index (χ1) is 21.4. The van der Waals surface area contributed by atoms with Crippen molar-refractivity contribution in [2.24, 2.45) is 0 Å². The number of hydrogen-bond acceptors (Lipinski definition) is 11. The third-order valence-corrected chi connectivity index (χ3v) is 11.7. The van der Waals surface area contributed by atoms with Crippen molar-refractivity contribution in [3.8, 4) is 5.19 Å². The molecule has 0 radical (unpaired) electrons. The van der Waals surface area contributed by atoms with Gasteiger partial charge in [0.1, 0.15) is 17.5 Å². The van der Waals surface area contributed by atoms with E-state index in [0.717, 1.165) is 54.7 Å². The van der Waals surface area contributed by atoms with Crippen LogP contribution in [0.15, 0.2) is 41.7 Å². The Morgan fingerprint density at radius 3 is 2.30 bits per heavy atom. The van der Waals surface area contributed by atoms with Gasteiger partial charge in [0, 0.05) is 23.5 Å². The van der Waals surface area contributed by atoms with E-state index in [1.165, 1.54) is 17.4 Å². The van der Waals surface area contributed by atoms with Gasteiger partial charge in [-0.25, -0.2) is 46.2 Å². The Morgan fingerprint density at radius 2 is 1.74 bits per heavy atom. The van der Waals surface area contributed by atoms with Crippen LogP contribution in [0, 0.1) is 5.82 Å². The number of nitrogens with zero attached hydrogens (tertiary/aromatic N) is 3. The van der Waals surface area contributed by atoms with Gasteiger partial charge in [0.25, 0.3) is 15.2 Å². The molecule has 0 saturated heterocycles. The standard InChI is InChI=1S/C30H39FN6O6S3/c1-28(2,3)43-26(38)36-46(40,41)21-8-9-23(22(31)14-21)35-25-32-15-19(16-33-25)18-12-20(13-18)42-27-34-17-24(44-27)30(10-7-11-30)37-45(39)29(4,5)6/h8-9,14-18,20,37H,7,10-13H2,1-6H3,(H,36,38)(H,32,33,35). The monoisotopic (exact) mass is 694 g/mol. The molecule has 0 aliphatic heterocycles. The van der Waals surface area contributed by atoms with Crippen molar-refractivity contribution in [1.29, 1.82) is 0 Å². The highest BCUT2D eigenvalue weighted by molar-refractivity contribution is 7.90. The van der Waals surface area contributed by atoms with Crippen LogP contribution in [-0.2, 0) is 31.3 Å². The number of rotatable bonds is 10. The van der Waals surface area contributed by atoms with E-state index in [2.05, 4.69) is 25.0 Å². The Hall–Kier alpha value is -3.21. The van der Waals surface area contributed by atoms with Crippen molar-refractivity contribution in [1.82, 2.24) is 24.4 Å². The Labute approximate surface area is 275 Å². The van der Waals surface area contributed by atoms with E-state index in [1.807, 2.05) is 27.0 Å². The number of carbonyl (C=O) groups is 1. The molecule has 3 N–H and O–H groups in total. The third-order valence-electron chi connectivity index (χ3n) is 7.63. The topological polar surface area (TPSA) is 162 Å². The molecule has 1 aromatic carbocycles. The molecule has 1 atom stereocenters. The molecule has 2 aromatic heterocycles. The van der Waals surface area contributed by atoms with Gasteiger partial charge >= 0.3 is 6.09 Å². The summed E-state index contributed by atoms with van der Waals surface area (Å²) < 4.78 is 68.4. The lowest BCUT2D eigenvalue weighted by Gasteiger charge is -2.42. The van der Waals surface area contributed by atoms with Crippen LogP contribution in [0.25, 0.3) is 0 Å². The molecule has 3 aromatic rings. The third kappa shape index (κ3) is 8.01. The summed E-state index contributed by atoms with van der Waals surface area (Å²) in [5, 5.41) is 3.35. The Morgan fingerprint density at radius 1 is 1.07 bits per heavy atom. The number of halogens is 1. The number of anilines is 2. The molecular formula is C30H39FN6O6S3. The van der Waals surface area contributed by atoms with E-state index in [1.54, 1.807) is 37.9 Å². The van der Waals surface area contributed by atoms with Crippen molar-refractivity contribution >= 4 is 50.1 Å². The molecule has 2 saturated carbocycles. The second-order valence-electron chi connectivity index (χ2n) is 13.5. The van der Waals surface area contributed by atoms with E-state index >= 15 is 0 Å². The van der Waals surface area contributed by atoms with Gasteiger partial charge in [-0.2, -0.15) is 0 Å². The minimum absolute atomic E-state index is 0.00417. The highest BCUT2D eigenvalue weighted by Gasteiger charge is 2.44. The van der Waals surface area contributed by atoms with Crippen LogP contribution < -0.4 is 19.5 Å². The second kappa shape index (κ2) is 12.8. The van der Waals surface area contributed by atoms with Crippen molar-refractivity contribution in [2.45, 2.75) is 106 Å². The van der Waals surface area contributed by atoms with Gasteiger partial charge in [0.15, 0.2) is 0 Å². The molecular weight excluding hydrogens is 656 g/mol. The number of nitrogens with one attached hydrogen (secondary N) is 3. The second-order valence-corrected chi connectivity index (χ2v) is 18.2. The summed E-state index contributed by atoms with van der Waals surface area (Å²) in [6.45, 7) is 10.6. The lowest BCUT2D eigenvalue weighted by molar-refractivity contribution is 0.0570. The molecule has 16 heteroatoms. The molecule has 250 valence electrons. The average molecular weight is 695 g/mol. The zero-order valence-corrected chi connectivity index (χ0v) is 29.0. The number of sulfonamides is 1. The van der Waals surface area contributed by atoms with Crippen molar-refractivity contribution in [3.05, 3.63) is 53.0 Å². The Bertz CT molecular complexity index is 1710. The quantitative estimate of drug-likeness (QED) is 0.237. The molecule has 2 aliphatic carbocycles. The molecule has 1 unspecified atom stereocenters. The summed E-state index contributed by atoms with van der Waals surface area (Å²) >= 11 is 1.50. The molecule has 0 spiro atoms. The maximum Gasteiger partial charge on any atom is 0.421 e. The molecule has 0 bridgehead atoms. The first kappa shape index (κ1) is 34.1. The molecule has 1 amide bonds. The number of amides is 1. The molecule has 2 fully saturated rings. The maximum atomic E-state index is 14.8. The normalized spacial score (nSPS) is 20.2. The van der Waals surface area contributed by atoms with Crippen LogP contribution >= 0.6 is 11.3 Å². The summed E-state index contributed by atoms with van der Waals surface area (Å²) in [6, 6.07) is 3.17. The van der Waals surface area contributed by atoms with Crippen LogP contribution in [-0.4, -0.2) is 50.1 Å². The van der Waals surface area contributed by atoms with Gasteiger partial charge in [0.2, 0.25) is 5.95 Å². The minimum atomic E-state index is -4.34. The van der Waals surface area contributed by atoms with Gasteiger partial charge in [-0.15, -0.1) is 0 Å². The van der Waals surface area contributed by atoms with Gasteiger partial charge < -0.3 is 14.8 Å². The van der Waals surface area contributed by atoms with E-state index in [-0.39, 0.29) is 33.9 Å². The fourth-order valence-corrected chi connectivity index (χ4v) is 7.79. The number of aromatic nitrogens is 3. The molecule has 2 heterocycles. The molecule has 46 heavy (non-hydrogen) atoms. The van der Waals surface area contributed by atoms with E-state index in [9.17, 15) is 21.8 Å². The number of benzene rings is 1. The van der Waals surface area contributed by atoms with Crippen LogP contribution in [0.5, 0.6) is 5.19 Å². The zero-order valence-electron chi connectivity index (χ0n) is 26.5. The van der Waals surface area contributed by atoms with E-state index in [4.69, 9.17) is 9.47 Å². The number of hydrogen-bond donors (Lipinski definition) is 3. The van der Waals surface area contributed by atoms with Crippen LogP contribution in [0.3, 0.4) is 0 Å². The summed E-state index contributed by atoms with van der Waals surface area (Å²) in [5.74, 6) is -0.532. The van der Waals surface area contributed by atoms with Crippen LogP contribution in [0.1, 0.15) is 90.0 Å². The Balaban J connectivity index is 1.13. The highest BCUT2D eigenvalue weighted by Crippen LogP contribution is 2.46. The fraction of sp³-hybridized carbons (Fsp3) is 0.533. The van der Waals surface area contributed by atoms with Crippen LogP contribution in [0.2, 0.25) is 0 Å². The SMILES string of the molecule is CC(C)(C)OC(=O)NS(=O)(=O)c1ccc(Nc2ncc(C3CC(Oc4ncc(C5(NS(=O)C(C)(C)C)CCC5)s4)C3)cn2)c(F)c1. The number of ether oxygens (including phenoxy) is 2. The smallest absolute Gasteiger partial charge is 0.421 e. The molecule has 12 nitrogen and oxygen atoms in total. The maximum absolute atomic E-state index is 14.8. The van der Waals surface area contributed by atoms with Gasteiger partial charge in [-0.3, -0.25) is 0 Å². The van der Waals surface area contributed by atoms with E-state index in [0.29, 0.717) is 5.19 Å². The van der Waals surface area contributed by atoms with Gasteiger partial charge in [-0.1, -0.05) is 11.3 Å². The summed E-state index contributed by atoms with van der Waals surface area (Å²) in [7, 11) is -5.53. The predicted molar refractivity (Wildman–Crippen MR) is 173 cm³/mol. The van der Waals surface area contributed by atoms with Crippen molar-refractivity contribution in [2.75, 3.05) is 5.32 Å². The predicted octanol–water partition coefficient (Wildman–Crippen LogP) is 5.79. The highest BCUT2D eigenvalue weighted by atomic mass is 32.2. The molecule has 2 aliphatic rings. The lowest BCUT2D eigenvalue weighted by Crippen LogP contribution is -2.51. The molecule has 5 rings (SSSR count). The minimum Gasteiger partial charge on any atom is -0.467 e. The average Bonchev–Trinajstić information content (AvgIpc) is 3.36. The summed E-state index contributed by atoms with van der Waals surface area (Å²) in [6.07, 6.45) is 8.45. The van der Waals surface area contributed by atoms with Gasteiger partial charge in [0.05, 0.1) is 31.9 Å². The summed E-state index contributed by atoms with van der Waals surface area (Å²) in [5.41, 5.74) is -0.327. The largest absolute Gasteiger partial charge is 0.467 e. The van der Waals surface area contributed by atoms with Crippen LogP contribution in [0.4, 0.5) is 20.8 Å². The fourth-order valence-electron chi connectivity index (χ4n) is 4.84.